The minimum atomic E-state index is -3.13. The highest BCUT2D eigenvalue weighted by Crippen LogP contribution is 2.07. The topological polar surface area (TPSA) is 26.3 Å². The molecule has 0 saturated heterocycles. The molecule has 0 saturated carbocycles. The molecule has 0 atom stereocenters. The molecule has 0 bridgehead atoms. The first kappa shape index (κ1) is 3.98. The molecule has 0 fully saturated rings. The number of hydrogen-bond donors (Lipinski definition) is 0. The number of hydrogen-bond acceptors (Lipinski definition) is 2. The van der Waals surface area contributed by atoms with E-state index in [1.807, 2.05) is 0 Å². The summed E-state index contributed by atoms with van der Waals surface area (Å²) in [6.45, 7) is -3.13. The van der Waals surface area contributed by atoms with Gasteiger partial charge in [0.25, 0.3) is 6.08 Å². The molecule has 2 nitrogen and oxygen atoms in total. The van der Waals surface area contributed by atoms with Gasteiger partial charge in [-0.15, -0.1) is 0 Å². The molecule has 0 heterocycles. The molecule has 0 unspecified atom stereocenters. The van der Waals surface area contributed by atoms with E-state index in [-0.39, 0.29) is 0 Å². The van der Waals surface area contributed by atoms with E-state index in [2.05, 4.69) is 4.74 Å². The van der Waals surface area contributed by atoms with Crippen LogP contribution in [0.15, 0.2) is 11.7 Å². The minimum absolute atomic E-state index is 0.830. The first-order valence-corrected chi connectivity index (χ1v) is 1.94. The second-order valence-corrected chi connectivity index (χ2v) is 1.13. The summed E-state index contributed by atoms with van der Waals surface area (Å²) < 4.78 is 47.2. The van der Waals surface area contributed by atoms with E-state index in [4.69, 9.17) is 4.11 Å². The summed E-state index contributed by atoms with van der Waals surface area (Å²) in [6.07, 6.45) is -2.54. The molecule has 52 valence electrons. The molecule has 0 aromatic heterocycles. The summed E-state index contributed by atoms with van der Waals surface area (Å²) in [6, 6.07) is 0. The molecular weight excluding hydrogens is 130 g/mol. The summed E-state index contributed by atoms with van der Waals surface area (Å²) in [7, 11) is 0.830. The van der Waals surface area contributed by atoms with Crippen molar-refractivity contribution >= 4 is 5.97 Å². The van der Waals surface area contributed by atoms with Crippen molar-refractivity contribution in [3.8, 4) is 0 Å². The largest absolute Gasteiger partial charge is 0.466 e. The zero-order valence-electron chi connectivity index (χ0n) is 7.57. The predicted molar refractivity (Wildman–Crippen MR) is 26.9 cm³/mol. The number of methoxy groups -OCH3 is 1. The van der Waals surface area contributed by atoms with Crippen molar-refractivity contribution in [3.63, 3.8) is 0 Å². The first-order valence-electron chi connectivity index (χ1n) is 3.44. The van der Waals surface area contributed by atoms with E-state index in [0.29, 0.717) is 0 Å². The summed E-state index contributed by atoms with van der Waals surface area (Å²) in [5.74, 6) is -1.53. The molecule has 0 aliphatic rings. The third-order valence-electron chi connectivity index (χ3n) is 0.579. The molecule has 0 N–H and O–H groups in total. The Bertz CT molecular complexity index is 217. The molecule has 9 heavy (non-hydrogen) atoms. The fourth-order valence-corrected chi connectivity index (χ4v) is 0.179. The number of halogens is 2. The van der Waals surface area contributed by atoms with Gasteiger partial charge in [0.15, 0.2) is 0 Å². The van der Waals surface area contributed by atoms with Gasteiger partial charge in [-0.1, -0.05) is 0 Å². The molecule has 0 aliphatic heterocycles. The molecule has 0 aromatic rings. The van der Waals surface area contributed by atoms with Crippen molar-refractivity contribution in [1.82, 2.24) is 0 Å². The number of esters is 1. The van der Waals surface area contributed by atoms with Crippen LogP contribution in [0, 0.1) is 0 Å². The normalized spacial score (nSPS) is 14.8. The smallest absolute Gasteiger partial charge is 0.338 e. The highest BCUT2D eigenvalue weighted by atomic mass is 19.3. The van der Waals surface area contributed by atoms with E-state index in [1.165, 1.54) is 0 Å². The van der Waals surface area contributed by atoms with Gasteiger partial charge in [0.1, 0.15) is 0 Å². The van der Waals surface area contributed by atoms with Crippen molar-refractivity contribution in [1.29, 1.82) is 0 Å². The second kappa shape index (κ2) is 3.17. The molecule has 0 aliphatic carbocycles. The SMILES string of the molecule is [2H]C([2H])([2H])C(C(=O)OC)=C(F)F. The van der Waals surface area contributed by atoms with Gasteiger partial charge >= 0.3 is 5.97 Å². The van der Waals surface area contributed by atoms with E-state index in [9.17, 15) is 13.6 Å². The molecular formula is C5H6F2O2. The maximum atomic E-state index is 11.9. The summed E-state index contributed by atoms with van der Waals surface area (Å²) in [5, 5.41) is 0. The Labute approximate surface area is 55.3 Å². The van der Waals surface area contributed by atoms with Crippen molar-refractivity contribution in [3.05, 3.63) is 11.7 Å². The van der Waals surface area contributed by atoms with Gasteiger partial charge < -0.3 is 4.74 Å². The maximum Gasteiger partial charge on any atom is 0.338 e. The fraction of sp³-hybridized carbons (Fsp3) is 0.400. The molecule has 0 rings (SSSR count). The maximum absolute atomic E-state index is 11.9. The second-order valence-electron chi connectivity index (χ2n) is 1.13. The van der Waals surface area contributed by atoms with Gasteiger partial charge in [0, 0.05) is 4.11 Å². The molecule has 0 aromatic carbocycles. The number of carbonyl (C=O) groups is 1. The summed E-state index contributed by atoms with van der Waals surface area (Å²) in [4.78, 5) is 10.5. The first-order chi connectivity index (χ1) is 5.30. The van der Waals surface area contributed by atoms with Crippen LogP contribution in [0.2, 0.25) is 0 Å². The fourth-order valence-electron chi connectivity index (χ4n) is 0.179. The lowest BCUT2D eigenvalue weighted by Gasteiger charge is -1.94. The zero-order chi connectivity index (χ0) is 9.94. The zero-order valence-corrected chi connectivity index (χ0v) is 4.57. The Balaban J connectivity index is 4.97. The number of rotatable bonds is 1. The Morgan fingerprint density at radius 1 is 1.67 bits per heavy atom. The highest BCUT2D eigenvalue weighted by Gasteiger charge is 2.09. The monoisotopic (exact) mass is 139 g/mol. The van der Waals surface area contributed by atoms with Crippen molar-refractivity contribution < 1.29 is 22.4 Å². The minimum Gasteiger partial charge on any atom is -0.466 e. The summed E-state index contributed by atoms with van der Waals surface area (Å²) in [5.41, 5.74) is -1.56. The lowest BCUT2D eigenvalue weighted by Crippen LogP contribution is -2.01. The van der Waals surface area contributed by atoms with Gasteiger partial charge in [0.2, 0.25) is 0 Å². The van der Waals surface area contributed by atoms with Crippen LogP contribution >= 0.6 is 0 Å². The van der Waals surface area contributed by atoms with Crippen LogP contribution < -0.4 is 0 Å². The lowest BCUT2D eigenvalue weighted by molar-refractivity contribution is -0.136. The van der Waals surface area contributed by atoms with E-state index in [1.54, 1.807) is 0 Å². The molecule has 0 amide bonds. The number of carbonyl (C=O) groups excluding carboxylic acids is 1. The third-order valence-corrected chi connectivity index (χ3v) is 0.579. The van der Waals surface area contributed by atoms with E-state index in [0.717, 1.165) is 7.11 Å². The predicted octanol–water partition coefficient (Wildman–Crippen LogP) is 1.33. The summed E-state index contributed by atoms with van der Waals surface area (Å²) >= 11 is 0. The average molecular weight is 139 g/mol. The quantitative estimate of drug-likeness (QED) is 0.404. The van der Waals surface area contributed by atoms with Crippen LogP contribution in [-0.4, -0.2) is 13.1 Å². The van der Waals surface area contributed by atoms with Crippen molar-refractivity contribution in [2.24, 2.45) is 0 Å². The van der Waals surface area contributed by atoms with Gasteiger partial charge in [-0.25, -0.2) is 4.79 Å². The third kappa shape index (κ3) is 2.21. The molecule has 0 radical (unpaired) electrons. The van der Waals surface area contributed by atoms with Crippen LogP contribution in [-0.2, 0) is 9.53 Å². The Morgan fingerprint density at radius 3 is 2.33 bits per heavy atom. The Morgan fingerprint density at radius 2 is 2.22 bits per heavy atom. The van der Waals surface area contributed by atoms with E-state index < -0.39 is 24.5 Å². The van der Waals surface area contributed by atoms with Crippen molar-refractivity contribution in [2.45, 2.75) is 6.85 Å². The van der Waals surface area contributed by atoms with Crippen LogP contribution in [0.5, 0.6) is 0 Å². The average Bonchev–Trinajstić information content (AvgIpc) is 1.83. The standard InChI is InChI=1S/C5H6F2O2/c1-3(4(6)7)5(8)9-2/h1-2H3/i1D3. The number of ether oxygens (including phenoxy) is 1. The van der Waals surface area contributed by atoms with Gasteiger partial charge in [-0.05, 0) is 6.85 Å². The Hall–Kier alpha value is -0.930. The molecule has 4 heteroatoms. The van der Waals surface area contributed by atoms with Crippen LogP contribution in [0.4, 0.5) is 8.78 Å². The van der Waals surface area contributed by atoms with Crippen LogP contribution in [0.25, 0.3) is 0 Å². The van der Waals surface area contributed by atoms with Gasteiger partial charge in [-0.3, -0.25) is 0 Å². The Kier molecular flexibility index (Phi) is 1.40. The van der Waals surface area contributed by atoms with Gasteiger partial charge in [0.05, 0.1) is 12.7 Å². The van der Waals surface area contributed by atoms with Gasteiger partial charge in [-0.2, -0.15) is 8.78 Å². The van der Waals surface area contributed by atoms with E-state index >= 15 is 0 Å². The van der Waals surface area contributed by atoms with Crippen molar-refractivity contribution in [2.75, 3.05) is 7.11 Å². The lowest BCUT2D eigenvalue weighted by atomic mass is 10.3. The van der Waals surface area contributed by atoms with Crippen LogP contribution in [0.3, 0.4) is 0 Å². The van der Waals surface area contributed by atoms with Crippen LogP contribution in [0.1, 0.15) is 11.0 Å². The highest BCUT2D eigenvalue weighted by molar-refractivity contribution is 5.87. The molecule has 0 spiro atoms.